The lowest BCUT2D eigenvalue weighted by molar-refractivity contribution is 0.415. The number of nitrogens with zero attached hydrogens (tertiary/aromatic N) is 5. The highest BCUT2D eigenvalue weighted by Gasteiger charge is 2.23. The third-order valence-corrected chi connectivity index (χ3v) is 7.80. The Morgan fingerprint density at radius 3 is 2.58 bits per heavy atom. The number of ether oxygens (including phenoxy) is 1. The molecule has 0 aliphatic heterocycles. The monoisotopic (exact) mass is 499 g/mol. The van der Waals surface area contributed by atoms with E-state index in [0.717, 1.165) is 39.4 Å². The third kappa shape index (κ3) is 4.23. The van der Waals surface area contributed by atoms with Crippen LogP contribution in [-0.4, -0.2) is 53.5 Å². The molecule has 182 valence electrons. The third-order valence-electron chi connectivity index (χ3n) is 5.96. The fourth-order valence-corrected chi connectivity index (χ4v) is 5.11. The molecule has 3 aromatic heterocycles. The van der Waals surface area contributed by atoms with Crippen LogP contribution in [0.1, 0.15) is 12.1 Å². The minimum Gasteiger partial charge on any atom is -0.497 e. The van der Waals surface area contributed by atoms with Crippen molar-refractivity contribution in [2.24, 2.45) is 0 Å². The van der Waals surface area contributed by atoms with Gasteiger partial charge in [-0.2, -0.15) is 5.10 Å². The van der Waals surface area contributed by atoms with Gasteiger partial charge in [-0.15, -0.1) is 0 Å². The standard InChI is InChI=1S/C27H25N5O3S/c1-31(2)36(33,34)23-10-5-4-7-20(18-23)24-13-16-29-27-25(21-8-6-9-22(17-21)35-3)26(30-32(24)27)19-11-14-28-15-12-19/h4,6-18H,5H2,1-3H3. The summed E-state index contributed by atoms with van der Waals surface area (Å²) in [7, 11) is 1.09. The average molecular weight is 500 g/mol. The van der Waals surface area contributed by atoms with Crippen LogP contribution in [0.25, 0.3) is 33.6 Å². The number of hydrogen-bond acceptors (Lipinski definition) is 6. The predicted octanol–water partition coefficient (Wildman–Crippen LogP) is 4.59. The van der Waals surface area contributed by atoms with Gasteiger partial charge in [0.1, 0.15) is 11.4 Å². The van der Waals surface area contributed by atoms with Crippen molar-refractivity contribution >= 4 is 21.2 Å². The molecule has 3 heterocycles. The minimum atomic E-state index is -3.60. The second kappa shape index (κ2) is 9.52. The highest BCUT2D eigenvalue weighted by atomic mass is 32.2. The Morgan fingerprint density at radius 1 is 1.03 bits per heavy atom. The van der Waals surface area contributed by atoms with E-state index >= 15 is 0 Å². The van der Waals surface area contributed by atoms with Gasteiger partial charge in [-0.3, -0.25) is 4.98 Å². The molecule has 8 nitrogen and oxygen atoms in total. The Balaban J connectivity index is 1.78. The Kier molecular flexibility index (Phi) is 6.26. The highest BCUT2D eigenvalue weighted by molar-refractivity contribution is 7.93. The van der Waals surface area contributed by atoms with Gasteiger partial charge in [-0.05, 0) is 48.4 Å². The Hall–Kier alpha value is -4.08. The Labute approximate surface area is 210 Å². The Morgan fingerprint density at radius 2 is 1.83 bits per heavy atom. The number of rotatable bonds is 6. The summed E-state index contributed by atoms with van der Waals surface area (Å²) >= 11 is 0. The van der Waals surface area contributed by atoms with Crippen molar-refractivity contribution in [3.63, 3.8) is 0 Å². The first-order valence-corrected chi connectivity index (χ1v) is 12.8. The van der Waals surface area contributed by atoms with Crippen LogP contribution in [-0.2, 0) is 10.0 Å². The van der Waals surface area contributed by atoms with Gasteiger partial charge in [-0.1, -0.05) is 30.4 Å². The van der Waals surface area contributed by atoms with Gasteiger partial charge in [0.15, 0.2) is 5.65 Å². The van der Waals surface area contributed by atoms with Crippen molar-refractivity contribution in [2.45, 2.75) is 6.42 Å². The molecule has 0 spiro atoms. The van der Waals surface area contributed by atoms with Crippen LogP contribution in [0.4, 0.5) is 0 Å². The number of hydrogen-bond donors (Lipinski definition) is 0. The molecule has 0 unspecified atom stereocenters. The van der Waals surface area contributed by atoms with Gasteiger partial charge >= 0.3 is 0 Å². The van der Waals surface area contributed by atoms with Gasteiger partial charge < -0.3 is 4.74 Å². The van der Waals surface area contributed by atoms with E-state index < -0.39 is 10.0 Å². The summed E-state index contributed by atoms with van der Waals surface area (Å²) in [5.74, 6) is 0.724. The number of sulfonamides is 1. The van der Waals surface area contributed by atoms with Gasteiger partial charge in [0, 0.05) is 43.8 Å². The number of benzene rings is 1. The van der Waals surface area contributed by atoms with E-state index in [9.17, 15) is 8.42 Å². The van der Waals surface area contributed by atoms with Crippen LogP contribution >= 0.6 is 0 Å². The molecule has 1 aromatic carbocycles. The molecular formula is C27H25N5O3S. The smallest absolute Gasteiger partial charge is 0.242 e. The molecule has 0 N–H and O–H groups in total. The van der Waals surface area contributed by atoms with E-state index in [4.69, 9.17) is 9.84 Å². The summed E-state index contributed by atoms with van der Waals surface area (Å²) in [6.07, 6.45) is 12.9. The normalized spacial score (nSPS) is 14.0. The van der Waals surface area contributed by atoms with Gasteiger partial charge in [0.25, 0.3) is 0 Å². The van der Waals surface area contributed by atoms with Crippen LogP contribution in [0, 0.1) is 0 Å². The molecule has 4 aromatic rings. The zero-order valence-electron chi connectivity index (χ0n) is 20.2. The summed E-state index contributed by atoms with van der Waals surface area (Å²) in [6, 6.07) is 13.4. The molecule has 0 radical (unpaired) electrons. The summed E-state index contributed by atoms with van der Waals surface area (Å²) in [5, 5.41) is 4.97. The van der Waals surface area contributed by atoms with Crippen LogP contribution in [0.5, 0.6) is 5.75 Å². The van der Waals surface area contributed by atoms with Crippen molar-refractivity contribution in [2.75, 3.05) is 21.2 Å². The maximum Gasteiger partial charge on any atom is 0.242 e. The molecular weight excluding hydrogens is 474 g/mol. The molecule has 36 heavy (non-hydrogen) atoms. The quantitative estimate of drug-likeness (QED) is 0.386. The largest absolute Gasteiger partial charge is 0.497 e. The van der Waals surface area contributed by atoms with Crippen molar-refractivity contribution in [3.05, 3.63) is 96.0 Å². The lowest BCUT2D eigenvalue weighted by atomic mass is 10.0. The summed E-state index contributed by atoms with van der Waals surface area (Å²) in [6.45, 7) is 0. The number of allylic oxidation sites excluding steroid dienone is 5. The van der Waals surface area contributed by atoms with E-state index in [-0.39, 0.29) is 4.91 Å². The van der Waals surface area contributed by atoms with Gasteiger partial charge in [0.05, 0.1) is 23.3 Å². The van der Waals surface area contributed by atoms with Crippen LogP contribution < -0.4 is 4.74 Å². The van der Waals surface area contributed by atoms with Crippen molar-refractivity contribution < 1.29 is 13.2 Å². The maximum absolute atomic E-state index is 12.9. The first-order valence-electron chi connectivity index (χ1n) is 11.3. The molecule has 9 heteroatoms. The predicted molar refractivity (Wildman–Crippen MR) is 141 cm³/mol. The topological polar surface area (TPSA) is 89.7 Å². The lowest BCUT2D eigenvalue weighted by Crippen LogP contribution is -2.23. The number of fused-ring (bicyclic) bond motifs is 1. The number of methoxy groups -OCH3 is 1. The van der Waals surface area contributed by atoms with Gasteiger partial charge in [0.2, 0.25) is 10.0 Å². The molecule has 1 aliphatic rings. The Bertz CT molecular complexity index is 1630. The van der Waals surface area contributed by atoms with Crippen molar-refractivity contribution in [3.8, 4) is 28.1 Å². The molecule has 0 amide bonds. The van der Waals surface area contributed by atoms with Crippen LogP contribution in [0.2, 0.25) is 0 Å². The number of aromatic nitrogens is 4. The molecule has 0 saturated heterocycles. The maximum atomic E-state index is 12.9. The molecule has 0 bridgehead atoms. The summed E-state index contributed by atoms with van der Waals surface area (Å²) < 4.78 is 34.3. The lowest BCUT2D eigenvalue weighted by Gasteiger charge is -2.13. The second-order valence-electron chi connectivity index (χ2n) is 8.39. The second-order valence-corrected chi connectivity index (χ2v) is 10.5. The molecule has 1 aliphatic carbocycles. The summed E-state index contributed by atoms with van der Waals surface area (Å²) in [5.41, 5.74) is 5.46. The zero-order valence-corrected chi connectivity index (χ0v) is 21.0. The van der Waals surface area contributed by atoms with E-state index in [1.54, 1.807) is 42.4 Å². The average Bonchev–Trinajstić information content (AvgIpc) is 3.11. The van der Waals surface area contributed by atoms with E-state index in [0.29, 0.717) is 12.1 Å². The van der Waals surface area contributed by atoms with Crippen molar-refractivity contribution in [1.29, 1.82) is 0 Å². The summed E-state index contributed by atoms with van der Waals surface area (Å²) in [4.78, 5) is 9.07. The van der Waals surface area contributed by atoms with E-state index in [1.165, 1.54) is 18.4 Å². The minimum absolute atomic E-state index is 0.243. The SMILES string of the molecule is COc1cccc(-c2c(-c3ccncc3)nn3c(C4=CC(S(=O)(=O)N(C)C)=CCC=C4)ccnc23)c1. The van der Waals surface area contributed by atoms with E-state index in [1.807, 2.05) is 54.6 Å². The van der Waals surface area contributed by atoms with E-state index in [2.05, 4.69) is 9.97 Å². The van der Waals surface area contributed by atoms with Gasteiger partial charge in [-0.25, -0.2) is 22.2 Å². The van der Waals surface area contributed by atoms with Crippen molar-refractivity contribution in [1.82, 2.24) is 23.9 Å². The molecule has 0 fully saturated rings. The molecule has 5 rings (SSSR count). The van der Waals surface area contributed by atoms with Crippen LogP contribution in [0.15, 0.2) is 90.3 Å². The highest BCUT2D eigenvalue weighted by Crippen LogP contribution is 2.37. The molecule has 0 atom stereocenters. The number of pyridine rings is 1. The zero-order chi connectivity index (χ0) is 25.3. The fourth-order valence-electron chi connectivity index (χ4n) is 4.11. The first-order chi connectivity index (χ1) is 17.4. The van der Waals surface area contributed by atoms with Crippen LogP contribution in [0.3, 0.4) is 0 Å². The fraction of sp³-hybridized carbons (Fsp3) is 0.148. The molecule has 0 saturated carbocycles. The first kappa shape index (κ1) is 23.7.